The van der Waals surface area contributed by atoms with Crippen molar-refractivity contribution in [2.24, 2.45) is 0 Å². The number of nitrogens with one attached hydrogen (secondary N) is 2. The van der Waals surface area contributed by atoms with E-state index in [0.29, 0.717) is 13.0 Å². The molecule has 0 aliphatic carbocycles. The van der Waals surface area contributed by atoms with E-state index >= 15 is 0 Å². The Morgan fingerprint density at radius 1 is 1.45 bits per heavy atom. The van der Waals surface area contributed by atoms with Crippen LogP contribution >= 0.6 is 0 Å². The zero-order valence-electron chi connectivity index (χ0n) is 11.7. The third-order valence-electron chi connectivity index (χ3n) is 3.92. The number of carbonyl (C=O) groups excluding carboxylic acids is 1. The lowest BCUT2D eigenvalue weighted by molar-refractivity contribution is -0.120. The number of hydrogen-bond acceptors (Lipinski definition) is 2. The van der Waals surface area contributed by atoms with Gasteiger partial charge in [0.15, 0.2) is 0 Å². The van der Waals surface area contributed by atoms with Gasteiger partial charge in [-0.25, -0.2) is 0 Å². The van der Waals surface area contributed by atoms with Gasteiger partial charge in [-0.2, -0.15) is 0 Å². The summed E-state index contributed by atoms with van der Waals surface area (Å²) in [7, 11) is 0. The molecular formula is C16H20N2O2. The zero-order valence-corrected chi connectivity index (χ0v) is 11.7. The molecule has 0 bridgehead atoms. The van der Waals surface area contributed by atoms with Crippen LogP contribution in [0, 0.1) is 6.92 Å². The predicted molar refractivity (Wildman–Crippen MR) is 78.7 cm³/mol. The summed E-state index contributed by atoms with van der Waals surface area (Å²) in [6.07, 6.45) is 2.76. The van der Waals surface area contributed by atoms with E-state index in [2.05, 4.69) is 16.4 Å². The Morgan fingerprint density at radius 2 is 2.30 bits per heavy atom. The first-order valence-corrected chi connectivity index (χ1v) is 7.18. The second-order valence-electron chi connectivity index (χ2n) is 5.39. The molecule has 0 spiro atoms. The van der Waals surface area contributed by atoms with E-state index in [0.717, 1.165) is 41.6 Å². The standard InChI is InChI=1S/C16H20N2O2/c1-11-14(13-6-2-3-7-15(13)18-11)9-16(19)17-10-12-5-4-8-20-12/h2-3,6-7,12,18H,4-5,8-10H2,1H3,(H,17,19)/t12-/m1/s1. The number of rotatable bonds is 4. The number of carbonyl (C=O) groups is 1. The van der Waals surface area contributed by atoms with Gasteiger partial charge in [0.1, 0.15) is 0 Å². The average Bonchev–Trinajstić information content (AvgIpc) is 3.06. The molecule has 4 nitrogen and oxygen atoms in total. The van der Waals surface area contributed by atoms with E-state index < -0.39 is 0 Å². The highest BCUT2D eigenvalue weighted by Crippen LogP contribution is 2.22. The topological polar surface area (TPSA) is 54.1 Å². The van der Waals surface area contributed by atoms with E-state index in [1.165, 1.54) is 0 Å². The lowest BCUT2D eigenvalue weighted by Gasteiger charge is -2.10. The highest BCUT2D eigenvalue weighted by molar-refractivity contribution is 5.90. The van der Waals surface area contributed by atoms with Gasteiger partial charge < -0.3 is 15.0 Å². The Bertz CT molecular complexity index is 612. The maximum absolute atomic E-state index is 12.1. The third-order valence-corrected chi connectivity index (χ3v) is 3.92. The summed E-state index contributed by atoms with van der Waals surface area (Å²) in [6.45, 7) is 3.46. The molecule has 2 heterocycles. The van der Waals surface area contributed by atoms with Gasteiger partial charge in [-0.3, -0.25) is 4.79 Å². The Morgan fingerprint density at radius 3 is 3.10 bits per heavy atom. The number of para-hydroxylation sites is 1. The number of ether oxygens (including phenoxy) is 1. The minimum Gasteiger partial charge on any atom is -0.376 e. The van der Waals surface area contributed by atoms with Gasteiger partial charge in [-0.1, -0.05) is 18.2 Å². The molecule has 1 aromatic heterocycles. The first kappa shape index (κ1) is 13.2. The summed E-state index contributed by atoms with van der Waals surface area (Å²) in [4.78, 5) is 15.4. The van der Waals surface area contributed by atoms with Gasteiger partial charge in [0.25, 0.3) is 0 Å². The molecule has 1 aliphatic rings. The fraction of sp³-hybridized carbons (Fsp3) is 0.438. The molecule has 4 heteroatoms. The fourth-order valence-electron chi connectivity index (χ4n) is 2.82. The molecule has 0 saturated carbocycles. The highest BCUT2D eigenvalue weighted by atomic mass is 16.5. The van der Waals surface area contributed by atoms with Gasteiger partial charge in [0, 0.05) is 29.7 Å². The molecule has 1 saturated heterocycles. The average molecular weight is 272 g/mol. The van der Waals surface area contributed by atoms with Crippen LogP contribution in [0.5, 0.6) is 0 Å². The van der Waals surface area contributed by atoms with Crippen molar-refractivity contribution in [2.45, 2.75) is 32.3 Å². The number of hydrogen-bond donors (Lipinski definition) is 2. The zero-order chi connectivity index (χ0) is 13.9. The van der Waals surface area contributed by atoms with Crippen molar-refractivity contribution in [1.29, 1.82) is 0 Å². The van der Waals surface area contributed by atoms with Gasteiger partial charge in [-0.15, -0.1) is 0 Å². The molecule has 2 N–H and O–H groups in total. The summed E-state index contributed by atoms with van der Waals surface area (Å²) in [5.41, 5.74) is 3.25. The number of aryl methyl sites for hydroxylation is 1. The van der Waals surface area contributed by atoms with Crippen LogP contribution < -0.4 is 5.32 Å². The Hall–Kier alpha value is -1.81. The second kappa shape index (κ2) is 5.67. The first-order valence-electron chi connectivity index (χ1n) is 7.18. The summed E-state index contributed by atoms with van der Waals surface area (Å²) in [5, 5.41) is 4.11. The lowest BCUT2D eigenvalue weighted by atomic mass is 10.1. The smallest absolute Gasteiger partial charge is 0.224 e. The van der Waals surface area contributed by atoms with E-state index in [1.54, 1.807) is 0 Å². The number of amides is 1. The number of H-pyrrole nitrogens is 1. The fourth-order valence-corrected chi connectivity index (χ4v) is 2.82. The Labute approximate surface area is 118 Å². The predicted octanol–water partition coefficient (Wildman–Crippen LogP) is 2.31. The van der Waals surface area contributed by atoms with Gasteiger partial charge in [0.2, 0.25) is 5.91 Å². The summed E-state index contributed by atoms with van der Waals surface area (Å²) in [6, 6.07) is 8.10. The normalized spacial score (nSPS) is 18.6. The number of aromatic amines is 1. The van der Waals surface area contributed by atoms with Crippen molar-refractivity contribution in [3.63, 3.8) is 0 Å². The van der Waals surface area contributed by atoms with Gasteiger partial charge in [-0.05, 0) is 31.4 Å². The quantitative estimate of drug-likeness (QED) is 0.897. The molecular weight excluding hydrogens is 252 g/mol. The minimum absolute atomic E-state index is 0.0633. The summed E-state index contributed by atoms with van der Waals surface area (Å²) >= 11 is 0. The van der Waals surface area contributed by atoms with Crippen LogP contribution in [0.3, 0.4) is 0 Å². The van der Waals surface area contributed by atoms with Gasteiger partial charge in [0.05, 0.1) is 12.5 Å². The monoisotopic (exact) mass is 272 g/mol. The van der Waals surface area contributed by atoms with E-state index in [9.17, 15) is 4.79 Å². The minimum atomic E-state index is 0.0633. The van der Waals surface area contributed by atoms with Crippen LogP contribution in [0.4, 0.5) is 0 Å². The highest BCUT2D eigenvalue weighted by Gasteiger charge is 2.17. The van der Waals surface area contributed by atoms with E-state index in [1.807, 2.05) is 25.1 Å². The second-order valence-corrected chi connectivity index (χ2v) is 5.39. The molecule has 106 valence electrons. The first-order chi connectivity index (χ1) is 9.74. The van der Waals surface area contributed by atoms with Crippen molar-refractivity contribution in [3.8, 4) is 0 Å². The van der Waals surface area contributed by atoms with Crippen LogP contribution in [0.1, 0.15) is 24.1 Å². The van der Waals surface area contributed by atoms with Crippen LogP contribution in [0.25, 0.3) is 10.9 Å². The van der Waals surface area contributed by atoms with E-state index in [4.69, 9.17) is 4.74 Å². The molecule has 1 aliphatic heterocycles. The van der Waals surface area contributed by atoms with E-state index in [-0.39, 0.29) is 12.0 Å². The molecule has 3 rings (SSSR count). The Balaban J connectivity index is 1.66. The molecule has 20 heavy (non-hydrogen) atoms. The maximum atomic E-state index is 12.1. The molecule has 0 radical (unpaired) electrons. The van der Waals surface area contributed by atoms with Crippen LogP contribution in [0.2, 0.25) is 0 Å². The van der Waals surface area contributed by atoms with Crippen molar-refractivity contribution in [2.75, 3.05) is 13.2 Å². The van der Waals surface area contributed by atoms with Crippen molar-refractivity contribution in [3.05, 3.63) is 35.5 Å². The number of benzene rings is 1. The maximum Gasteiger partial charge on any atom is 0.224 e. The third kappa shape index (κ3) is 2.70. The van der Waals surface area contributed by atoms with Crippen LogP contribution in [-0.2, 0) is 16.0 Å². The molecule has 1 fully saturated rings. The molecule has 2 aromatic rings. The molecule has 1 amide bonds. The number of fused-ring (bicyclic) bond motifs is 1. The van der Waals surface area contributed by atoms with Crippen molar-refractivity contribution < 1.29 is 9.53 Å². The largest absolute Gasteiger partial charge is 0.376 e. The summed E-state index contributed by atoms with van der Waals surface area (Å²) in [5.74, 6) is 0.0633. The molecule has 1 aromatic carbocycles. The van der Waals surface area contributed by atoms with Crippen LogP contribution in [0.15, 0.2) is 24.3 Å². The molecule has 0 unspecified atom stereocenters. The van der Waals surface area contributed by atoms with Crippen molar-refractivity contribution in [1.82, 2.24) is 10.3 Å². The number of aromatic nitrogens is 1. The van der Waals surface area contributed by atoms with Crippen molar-refractivity contribution >= 4 is 16.8 Å². The SMILES string of the molecule is Cc1[nH]c2ccccc2c1CC(=O)NC[C@H]1CCCO1. The Kier molecular flexibility index (Phi) is 3.74. The van der Waals surface area contributed by atoms with Gasteiger partial charge >= 0.3 is 0 Å². The lowest BCUT2D eigenvalue weighted by Crippen LogP contribution is -2.32. The van der Waals surface area contributed by atoms with Crippen LogP contribution in [-0.4, -0.2) is 30.1 Å². The molecule has 1 atom stereocenters. The summed E-state index contributed by atoms with van der Waals surface area (Å²) < 4.78 is 5.51.